The zero-order valence-corrected chi connectivity index (χ0v) is 12.4. The number of nitrogens with two attached hydrogens (primary N) is 1. The first-order chi connectivity index (χ1) is 9.62. The predicted molar refractivity (Wildman–Crippen MR) is 79.7 cm³/mol. The van der Waals surface area contributed by atoms with Crippen LogP contribution in [0.4, 0.5) is 0 Å². The third-order valence-electron chi connectivity index (χ3n) is 3.46. The molecule has 0 spiro atoms. The van der Waals surface area contributed by atoms with E-state index >= 15 is 0 Å². The van der Waals surface area contributed by atoms with Gasteiger partial charge in [-0.25, -0.2) is 4.98 Å². The smallest absolute Gasteiger partial charge is 0.317 e. The van der Waals surface area contributed by atoms with Crippen LogP contribution in [0.1, 0.15) is 16.8 Å². The molecule has 0 aliphatic carbocycles. The van der Waals surface area contributed by atoms with Gasteiger partial charge < -0.3 is 10.5 Å². The molecule has 1 atom stereocenters. The Labute approximate surface area is 122 Å². The highest BCUT2D eigenvalue weighted by atomic mass is 32.1. The van der Waals surface area contributed by atoms with E-state index in [-0.39, 0.29) is 12.5 Å². The number of carbonyl (C=O) groups excluding carboxylic acids is 1. The van der Waals surface area contributed by atoms with Crippen molar-refractivity contribution in [2.24, 2.45) is 5.73 Å². The van der Waals surface area contributed by atoms with E-state index in [0.717, 1.165) is 16.8 Å². The van der Waals surface area contributed by atoms with Crippen LogP contribution in [0.25, 0.3) is 0 Å². The second-order valence-electron chi connectivity index (χ2n) is 4.80. The Morgan fingerprint density at radius 3 is 2.85 bits per heavy atom. The fourth-order valence-corrected chi connectivity index (χ4v) is 2.90. The summed E-state index contributed by atoms with van der Waals surface area (Å²) in [5.41, 5.74) is 9.65. The highest BCUT2D eigenvalue weighted by Crippen LogP contribution is 2.30. The van der Waals surface area contributed by atoms with Gasteiger partial charge in [0.1, 0.15) is 5.41 Å². The SMILES string of the molecule is COC(=O)C(CN)(Cc1cscn1)c1cccc(C)c1. The van der Waals surface area contributed by atoms with Crippen molar-refractivity contribution in [1.29, 1.82) is 0 Å². The van der Waals surface area contributed by atoms with Crippen molar-refractivity contribution in [2.75, 3.05) is 13.7 Å². The lowest BCUT2D eigenvalue weighted by Crippen LogP contribution is -2.46. The third-order valence-corrected chi connectivity index (χ3v) is 4.10. The first-order valence-electron chi connectivity index (χ1n) is 6.35. The third kappa shape index (κ3) is 2.73. The van der Waals surface area contributed by atoms with Gasteiger partial charge in [0.15, 0.2) is 0 Å². The molecule has 4 nitrogen and oxygen atoms in total. The number of hydrogen-bond acceptors (Lipinski definition) is 5. The number of esters is 1. The average molecular weight is 290 g/mol. The summed E-state index contributed by atoms with van der Waals surface area (Å²) < 4.78 is 5.01. The lowest BCUT2D eigenvalue weighted by atomic mass is 9.76. The highest BCUT2D eigenvalue weighted by molar-refractivity contribution is 7.07. The van der Waals surface area contributed by atoms with Gasteiger partial charge in [0.25, 0.3) is 0 Å². The summed E-state index contributed by atoms with van der Waals surface area (Å²) in [6.45, 7) is 2.17. The summed E-state index contributed by atoms with van der Waals surface area (Å²) in [5, 5.41) is 1.93. The van der Waals surface area contributed by atoms with Gasteiger partial charge in [-0.3, -0.25) is 4.79 Å². The summed E-state index contributed by atoms with van der Waals surface area (Å²) in [6.07, 6.45) is 0.448. The van der Waals surface area contributed by atoms with Crippen LogP contribution in [0.5, 0.6) is 0 Å². The van der Waals surface area contributed by atoms with Crippen molar-refractivity contribution in [3.63, 3.8) is 0 Å². The van der Waals surface area contributed by atoms with Crippen molar-refractivity contribution in [3.8, 4) is 0 Å². The maximum Gasteiger partial charge on any atom is 0.317 e. The molecule has 0 radical (unpaired) electrons. The minimum absolute atomic E-state index is 0.181. The van der Waals surface area contributed by atoms with E-state index in [0.29, 0.717) is 6.42 Å². The van der Waals surface area contributed by atoms with Crippen LogP contribution >= 0.6 is 11.3 Å². The molecule has 0 bridgehead atoms. The molecule has 1 unspecified atom stereocenters. The maximum atomic E-state index is 12.4. The number of benzene rings is 1. The second-order valence-corrected chi connectivity index (χ2v) is 5.52. The number of methoxy groups -OCH3 is 1. The normalized spacial score (nSPS) is 13.8. The van der Waals surface area contributed by atoms with Crippen LogP contribution in [0.15, 0.2) is 35.2 Å². The molecule has 1 aromatic heterocycles. The van der Waals surface area contributed by atoms with Crippen LogP contribution < -0.4 is 5.73 Å². The maximum absolute atomic E-state index is 12.4. The quantitative estimate of drug-likeness (QED) is 0.856. The highest BCUT2D eigenvalue weighted by Gasteiger charge is 2.41. The molecule has 1 heterocycles. The van der Waals surface area contributed by atoms with Crippen molar-refractivity contribution in [3.05, 3.63) is 52.0 Å². The van der Waals surface area contributed by atoms with Crippen molar-refractivity contribution < 1.29 is 9.53 Å². The molecule has 5 heteroatoms. The van der Waals surface area contributed by atoms with Crippen molar-refractivity contribution in [2.45, 2.75) is 18.8 Å². The Balaban J connectivity index is 2.49. The number of hydrogen-bond donors (Lipinski definition) is 1. The average Bonchev–Trinajstić information content (AvgIpc) is 2.96. The molecule has 2 aromatic rings. The van der Waals surface area contributed by atoms with Crippen molar-refractivity contribution in [1.82, 2.24) is 4.98 Å². The summed E-state index contributed by atoms with van der Waals surface area (Å²) >= 11 is 1.50. The fraction of sp³-hybridized carbons (Fsp3) is 0.333. The zero-order valence-electron chi connectivity index (χ0n) is 11.6. The number of rotatable bonds is 5. The lowest BCUT2D eigenvalue weighted by molar-refractivity contribution is -0.147. The Bertz CT molecular complexity index is 583. The molecule has 2 rings (SSSR count). The molecular formula is C15H18N2O2S. The molecule has 0 fully saturated rings. The van der Waals surface area contributed by atoms with Crippen LogP contribution in [0.2, 0.25) is 0 Å². The molecule has 0 saturated heterocycles. The van der Waals surface area contributed by atoms with Crippen LogP contribution in [-0.2, 0) is 21.4 Å². The molecule has 0 aliphatic rings. The Morgan fingerprint density at radius 1 is 1.50 bits per heavy atom. The summed E-state index contributed by atoms with van der Waals surface area (Å²) in [6, 6.07) is 7.82. The van der Waals surface area contributed by atoms with E-state index in [1.165, 1.54) is 18.4 Å². The molecule has 0 amide bonds. The largest absolute Gasteiger partial charge is 0.468 e. The topological polar surface area (TPSA) is 65.2 Å². The van der Waals surface area contributed by atoms with E-state index in [1.54, 1.807) is 5.51 Å². The molecule has 2 N–H and O–H groups in total. The monoisotopic (exact) mass is 290 g/mol. The number of thiazole rings is 1. The van der Waals surface area contributed by atoms with E-state index in [9.17, 15) is 4.79 Å². The van der Waals surface area contributed by atoms with Crippen molar-refractivity contribution >= 4 is 17.3 Å². The van der Waals surface area contributed by atoms with E-state index in [4.69, 9.17) is 10.5 Å². The first-order valence-corrected chi connectivity index (χ1v) is 7.29. The number of aromatic nitrogens is 1. The van der Waals surface area contributed by atoms with Gasteiger partial charge in [-0.05, 0) is 12.5 Å². The van der Waals surface area contributed by atoms with Gasteiger partial charge in [0.05, 0.1) is 18.3 Å². The van der Waals surface area contributed by atoms with Gasteiger partial charge in [-0.2, -0.15) is 0 Å². The number of carbonyl (C=O) groups is 1. The van der Waals surface area contributed by atoms with Gasteiger partial charge >= 0.3 is 5.97 Å². The van der Waals surface area contributed by atoms with E-state index in [2.05, 4.69) is 4.98 Å². The molecule has 20 heavy (non-hydrogen) atoms. The zero-order chi connectivity index (χ0) is 14.6. The molecule has 1 aromatic carbocycles. The van der Waals surface area contributed by atoms with Crippen LogP contribution in [-0.4, -0.2) is 24.6 Å². The summed E-state index contributed by atoms with van der Waals surface area (Å²) in [5.74, 6) is -0.321. The van der Waals surface area contributed by atoms with Crippen LogP contribution in [0.3, 0.4) is 0 Å². The molecule has 0 saturated carbocycles. The first kappa shape index (κ1) is 14.7. The second kappa shape index (κ2) is 6.15. The Morgan fingerprint density at radius 2 is 2.30 bits per heavy atom. The van der Waals surface area contributed by atoms with Gasteiger partial charge in [-0.15, -0.1) is 11.3 Å². The van der Waals surface area contributed by atoms with Crippen LogP contribution in [0, 0.1) is 6.92 Å². The van der Waals surface area contributed by atoms with Gasteiger partial charge in [-0.1, -0.05) is 29.8 Å². The predicted octanol–water partition coefficient (Wildman–Crippen LogP) is 2.06. The number of nitrogens with zero attached hydrogens (tertiary/aromatic N) is 1. The molecule has 106 valence electrons. The lowest BCUT2D eigenvalue weighted by Gasteiger charge is -2.29. The van der Waals surface area contributed by atoms with Gasteiger partial charge in [0, 0.05) is 18.3 Å². The fourth-order valence-electron chi connectivity index (χ4n) is 2.34. The van der Waals surface area contributed by atoms with Gasteiger partial charge in [0.2, 0.25) is 0 Å². The van der Waals surface area contributed by atoms with E-state index in [1.807, 2.05) is 36.6 Å². The molecule has 0 aliphatic heterocycles. The number of ether oxygens (including phenoxy) is 1. The minimum Gasteiger partial charge on any atom is -0.468 e. The minimum atomic E-state index is -0.880. The summed E-state index contributed by atoms with van der Waals surface area (Å²) in [7, 11) is 1.39. The molecular weight excluding hydrogens is 272 g/mol. The standard InChI is InChI=1S/C15H18N2O2S/c1-11-4-3-5-12(6-11)15(9-16,14(18)19-2)7-13-8-20-10-17-13/h3-6,8,10H,7,9,16H2,1-2H3. The Kier molecular flexibility index (Phi) is 4.52. The summed E-state index contributed by atoms with van der Waals surface area (Å²) in [4.78, 5) is 16.6. The van der Waals surface area contributed by atoms with E-state index < -0.39 is 5.41 Å². The Hall–Kier alpha value is -1.72. The number of aryl methyl sites for hydroxylation is 1.